The number of aliphatic hydroxyl groups excluding tert-OH is 1. The van der Waals surface area contributed by atoms with Gasteiger partial charge in [0, 0.05) is 6.61 Å². The third kappa shape index (κ3) is 8.40. The van der Waals surface area contributed by atoms with Crippen LogP contribution in [0.15, 0.2) is 24.3 Å². The summed E-state index contributed by atoms with van der Waals surface area (Å²) >= 11 is 0. The second-order valence-electron chi connectivity index (χ2n) is 6.62. The molecule has 0 saturated carbocycles. The third-order valence-electron chi connectivity index (χ3n) is 3.69. The molecule has 0 amide bonds. The molecular formula is C16H32O2Si. The Hall–Kier alpha value is -0.383. The molecule has 19 heavy (non-hydrogen) atoms. The van der Waals surface area contributed by atoms with Crippen molar-refractivity contribution >= 4 is 8.32 Å². The Morgan fingerprint density at radius 1 is 1.16 bits per heavy atom. The number of hydrogen-bond acceptors (Lipinski definition) is 2. The summed E-state index contributed by atoms with van der Waals surface area (Å²) in [6.07, 6.45) is 11.5. The first-order chi connectivity index (χ1) is 8.70. The monoisotopic (exact) mass is 284 g/mol. The van der Waals surface area contributed by atoms with E-state index < -0.39 is 8.32 Å². The fourth-order valence-electron chi connectivity index (χ4n) is 1.45. The summed E-state index contributed by atoms with van der Waals surface area (Å²) in [5.41, 5.74) is 0. The highest BCUT2D eigenvalue weighted by molar-refractivity contribution is 6.74. The summed E-state index contributed by atoms with van der Waals surface area (Å²) in [6.45, 7) is 13.7. The van der Waals surface area contributed by atoms with Gasteiger partial charge in [-0.1, -0.05) is 45.1 Å². The van der Waals surface area contributed by atoms with Gasteiger partial charge in [-0.25, -0.2) is 0 Å². The zero-order valence-electron chi connectivity index (χ0n) is 13.6. The summed E-state index contributed by atoms with van der Waals surface area (Å²) in [5, 5.41) is 8.92. The maximum absolute atomic E-state index is 8.66. The van der Waals surface area contributed by atoms with Crippen LogP contribution >= 0.6 is 0 Å². The number of aliphatic hydroxyl groups is 1. The fraction of sp³-hybridized carbons (Fsp3) is 0.750. The first kappa shape index (κ1) is 18.6. The maximum Gasteiger partial charge on any atom is 0.192 e. The van der Waals surface area contributed by atoms with E-state index in [0.717, 1.165) is 19.3 Å². The number of unbranched alkanes of at least 4 members (excludes halogenated alkanes) is 2. The van der Waals surface area contributed by atoms with Gasteiger partial charge in [0.1, 0.15) is 0 Å². The highest BCUT2D eigenvalue weighted by Gasteiger charge is 2.37. The van der Waals surface area contributed by atoms with E-state index in [4.69, 9.17) is 9.53 Å². The Morgan fingerprint density at radius 2 is 1.79 bits per heavy atom. The van der Waals surface area contributed by atoms with Crippen LogP contribution in [0.1, 0.15) is 47.0 Å². The average molecular weight is 285 g/mol. The molecule has 112 valence electrons. The highest BCUT2D eigenvalue weighted by Crippen LogP contribution is 2.37. The molecule has 2 nitrogen and oxygen atoms in total. The quantitative estimate of drug-likeness (QED) is 0.399. The van der Waals surface area contributed by atoms with Crippen LogP contribution in [-0.2, 0) is 4.43 Å². The van der Waals surface area contributed by atoms with Gasteiger partial charge in [-0.05, 0) is 44.3 Å². The number of rotatable bonds is 8. The lowest BCUT2D eigenvalue weighted by molar-refractivity contribution is 0.243. The smallest absolute Gasteiger partial charge is 0.192 e. The maximum atomic E-state index is 8.66. The van der Waals surface area contributed by atoms with Crippen LogP contribution in [0.5, 0.6) is 0 Å². The van der Waals surface area contributed by atoms with E-state index in [1.807, 2.05) is 0 Å². The van der Waals surface area contributed by atoms with Crippen molar-refractivity contribution in [2.24, 2.45) is 0 Å². The van der Waals surface area contributed by atoms with Crippen LogP contribution in [0, 0.1) is 0 Å². The molecule has 0 spiro atoms. The predicted octanol–water partition coefficient (Wildman–Crippen LogP) is 4.67. The van der Waals surface area contributed by atoms with Gasteiger partial charge in [-0.3, -0.25) is 0 Å². The molecule has 0 heterocycles. The molecule has 1 atom stereocenters. The van der Waals surface area contributed by atoms with E-state index in [2.05, 4.69) is 65.1 Å². The topological polar surface area (TPSA) is 29.5 Å². The van der Waals surface area contributed by atoms with Crippen molar-refractivity contribution in [3.63, 3.8) is 0 Å². The van der Waals surface area contributed by atoms with Gasteiger partial charge in [0.15, 0.2) is 8.32 Å². The summed E-state index contributed by atoms with van der Waals surface area (Å²) in [6, 6.07) is 0. The first-order valence-corrected chi connectivity index (χ1v) is 10.2. The molecule has 0 aromatic heterocycles. The molecule has 0 aliphatic rings. The number of hydrogen-bond donors (Lipinski definition) is 1. The Labute approximate surface area is 120 Å². The van der Waals surface area contributed by atoms with Crippen LogP contribution < -0.4 is 0 Å². The summed E-state index contributed by atoms with van der Waals surface area (Å²) in [5.74, 6) is 0. The largest absolute Gasteiger partial charge is 0.411 e. The molecule has 0 aromatic rings. The van der Waals surface area contributed by atoms with Crippen molar-refractivity contribution in [1.82, 2.24) is 0 Å². The molecule has 0 saturated heterocycles. The first-order valence-electron chi connectivity index (χ1n) is 7.32. The molecule has 0 bridgehead atoms. The van der Waals surface area contributed by atoms with Crippen molar-refractivity contribution in [3.05, 3.63) is 24.3 Å². The van der Waals surface area contributed by atoms with E-state index in [1.165, 1.54) is 0 Å². The SMILES string of the molecule is C[C@@H](/C=C/C=C\CCCCO)O[Si](C)(C)C(C)(C)C. The molecule has 0 fully saturated rings. The predicted molar refractivity (Wildman–Crippen MR) is 87.0 cm³/mol. The van der Waals surface area contributed by atoms with E-state index in [0.29, 0.717) is 6.61 Å². The van der Waals surface area contributed by atoms with Crippen molar-refractivity contribution in [1.29, 1.82) is 0 Å². The molecule has 0 aliphatic carbocycles. The molecule has 0 rings (SSSR count). The Morgan fingerprint density at radius 3 is 2.32 bits per heavy atom. The van der Waals surface area contributed by atoms with E-state index >= 15 is 0 Å². The van der Waals surface area contributed by atoms with Crippen LogP contribution in [0.2, 0.25) is 18.1 Å². The fourth-order valence-corrected chi connectivity index (χ4v) is 2.81. The summed E-state index contributed by atoms with van der Waals surface area (Å²) in [4.78, 5) is 0. The van der Waals surface area contributed by atoms with Gasteiger partial charge >= 0.3 is 0 Å². The van der Waals surface area contributed by atoms with Crippen molar-refractivity contribution in [2.45, 2.75) is 71.2 Å². The van der Waals surface area contributed by atoms with Crippen molar-refractivity contribution < 1.29 is 9.53 Å². The summed E-state index contributed by atoms with van der Waals surface area (Å²) < 4.78 is 6.23. The zero-order chi connectivity index (χ0) is 14.9. The molecule has 0 aromatic carbocycles. The minimum absolute atomic E-state index is 0.169. The average Bonchev–Trinajstić information content (AvgIpc) is 2.25. The van der Waals surface area contributed by atoms with E-state index in [9.17, 15) is 0 Å². The second kappa shape index (κ2) is 8.72. The molecule has 0 radical (unpaired) electrons. The van der Waals surface area contributed by atoms with Gasteiger partial charge in [0.25, 0.3) is 0 Å². The van der Waals surface area contributed by atoms with Gasteiger partial charge < -0.3 is 9.53 Å². The Balaban J connectivity index is 4.07. The molecular weight excluding hydrogens is 252 g/mol. The van der Waals surface area contributed by atoms with Crippen molar-refractivity contribution in [2.75, 3.05) is 6.61 Å². The number of allylic oxidation sites excluding steroid dienone is 3. The van der Waals surface area contributed by atoms with Crippen LogP contribution in [-0.4, -0.2) is 26.1 Å². The van der Waals surface area contributed by atoms with Crippen LogP contribution in [0.4, 0.5) is 0 Å². The highest BCUT2D eigenvalue weighted by atomic mass is 28.4. The van der Waals surface area contributed by atoms with Crippen LogP contribution in [0.3, 0.4) is 0 Å². The standard InChI is InChI=1S/C16H32O2Si/c1-15(18-19(5,6)16(2,3)4)13-11-9-7-8-10-12-14-17/h7,9,11,13,15,17H,8,10,12,14H2,1-6H3/b9-7-,13-11+/t15-/m0/s1. The summed E-state index contributed by atoms with van der Waals surface area (Å²) in [7, 11) is -1.66. The normalized spacial score (nSPS) is 15.5. The minimum atomic E-state index is -1.66. The van der Waals surface area contributed by atoms with Gasteiger partial charge in [-0.2, -0.15) is 0 Å². The molecule has 0 aliphatic heterocycles. The van der Waals surface area contributed by atoms with Gasteiger partial charge in [-0.15, -0.1) is 0 Å². The van der Waals surface area contributed by atoms with Crippen molar-refractivity contribution in [3.8, 4) is 0 Å². The van der Waals surface area contributed by atoms with E-state index in [1.54, 1.807) is 0 Å². The molecule has 3 heteroatoms. The lowest BCUT2D eigenvalue weighted by Gasteiger charge is -2.37. The van der Waals surface area contributed by atoms with E-state index in [-0.39, 0.29) is 11.1 Å². The van der Waals surface area contributed by atoms with Gasteiger partial charge in [0.05, 0.1) is 6.10 Å². The zero-order valence-corrected chi connectivity index (χ0v) is 14.6. The third-order valence-corrected chi connectivity index (χ3v) is 8.27. The van der Waals surface area contributed by atoms with Crippen LogP contribution in [0.25, 0.3) is 0 Å². The lowest BCUT2D eigenvalue weighted by atomic mass is 10.2. The second-order valence-corrected chi connectivity index (χ2v) is 11.4. The lowest BCUT2D eigenvalue weighted by Crippen LogP contribution is -2.42. The van der Waals surface area contributed by atoms with Gasteiger partial charge in [0.2, 0.25) is 0 Å². The molecule has 1 N–H and O–H groups in total. The minimum Gasteiger partial charge on any atom is -0.411 e. The Bertz CT molecular complexity index is 288. The Kier molecular flexibility index (Phi) is 8.55. The molecule has 0 unspecified atom stereocenters.